The lowest BCUT2D eigenvalue weighted by atomic mass is 10.1. The number of hydrogen-bond donors (Lipinski definition) is 1. The van der Waals surface area contributed by atoms with Gasteiger partial charge in [0.15, 0.2) is 3.95 Å². The molecule has 1 N–H and O–H groups in total. The first-order chi connectivity index (χ1) is 6.81. The van der Waals surface area contributed by atoms with Gasteiger partial charge in [0.05, 0.1) is 12.8 Å². The summed E-state index contributed by atoms with van der Waals surface area (Å²) >= 11 is 6.56. The lowest BCUT2D eigenvalue weighted by Gasteiger charge is -2.05. The Morgan fingerprint density at radius 3 is 2.79 bits per heavy atom. The Labute approximate surface area is 91.2 Å². The van der Waals surface area contributed by atoms with Gasteiger partial charge in [-0.05, 0) is 24.4 Å². The molecule has 4 heteroatoms. The minimum atomic E-state index is 0.783. The van der Waals surface area contributed by atoms with E-state index in [2.05, 4.69) is 4.98 Å². The highest BCUT2D eigenvalue weighted by atomic mass is 32.1. The number of hydrogen-bond acceptors (Lipinski definition) is 3. The largest absolute Gasteiger partial charge is 0.496 e. The van der Waals surface area contributed by atoms with E-state index in [0.717, 1.165) is 21.0 Å². The highest BCUT2D eigenvalue weighted by molar-refractivity contribution is 7.73. The van der Waals surface area contributed by atoms with Crippen LogP contribution in [0.3, 0.4) is 0 Å². The zero-order chi connectivity index (χ0) is 9.97. The summed E-state index contributed by atoms with van der Waals surface area (Å²) in [4.78, 5) is 3.12. The number of nitrogens with one attached hydrogen (secondary N) is 1. The molecule has 0 saturated carbocycles. The van der Waals surface area contributed by atoms with Crippen molar-refractivity contribution in [2.45, 2.75) is 0 Å². The number of aromatic amines is 1. The molecule has 0 unspecified atom stereocenters. The predicted octanol–water partition coefficient (Wildman–Crippen LogP) is 3.48. The first-order valence-electron chi connectivity index (χ1n) is 4.12. The third-order valence-electron chi connectivity index (χ3n) is 1.92. The molecule has 2 rings (SSSR count). The Hall–Kier alpha value is -1.13. The normalized spacial score (nSPS) is 10.1. The molecule has 0 amide bonds. The van der Waals surface area contributed by atoms with Gasteiger partial charge in [-0.3, -0.25) is 0 Å². The molecule has 1 aromatic heterocycles. The molecule has 14 heavy (non-hydrogen) atoms. The molecule has 1 aromatic carbocycles. The van der Waals surface area contributed by atoms with E-state index in [1.54, 1.807) is 7.11 Å². The quantitative estimate of drug-likeness (QED) is 0.788. The standard InChI is InChI=1S/C10H9NOS2/c1-12-9-5-3-2-4-7(9)8-6-14-10(13)11-8/h2-6H,1H3,(H,11,13). The Balaban J connectivity index is 2.55. The van der Waals surface area contributed by atoms with Crippen LogP contribution in [0.4, 0.5) is 0 Å². The Morgan fingerprint density at radius 2 is 2.14 bits per heavy atom. The minimum absolute atomic E-state index is 0.783. The van der Waals surface area contributed by atoms with E-state index < -0.39 is 0 Å². The molecule has 0 saturated heterocycles. The maximum Gasteiger partial charge on any atom is 0.158 e. The van der Waals surface area contributed by atoms with Gasteiger partial charge in [-0.15, -0.1) is 11.3 Å². The Bertz CT molecular complexity index is 487. The van der Waals surface area contributed by atoms with Gasteiger partial charge in [-0.2, -0.15) is 0 Å². The van der Waals surface area contributed by atoms with Crippen molar-refractivity contribution in [1.82, 2.24) is 4.98 Å². The van der Waals surface area contributed by atoms with Crippen molar-refractivity contribution in [3.63, 3.8) is 0 Å². The van der Waals surface area contributed by atoms with E-state index in [0.29, 0.717) is 0 Å². The molecule has 0 atom stereocenters. The van der Waals surface area contributed by atoms with Crippen molar-refractivity contribution in [3.8, 4) is 17.0 Å². The fourth-order valence-electron chi connectivity index (χ4n) is 1.28. The van der Waals surface area contributed by atoms with Crippen LogP contribution >= 0.6 is 23.6 Å². The molecule has 0 aliphatic heterocycles. The smallest absolute Gasteiger partial charge is 0.158 e. The number of thiazole rings is 1. The molecule has 1 heterocycles. The fourth-order valence-corrected chi connectivity index (χ4v) is 2.11. The zero-order valence-corrected chi connectivity index (χ0v) is 9.24. The number of rotatable bonds is 2. The van der Waals surface area contributed by atoms with Gasteiger partial charge in [0.1, 0.15) is 5.75 Å². The average Bonchev–Trinajstić information content (AvgIpc) is 2.65. The summed E-state index contributed by atoms with van der Waals surface area (Å²) in [5.41, 5.74) is 2.06. The van der Waals surface area contributed by atoms with E-state index >= 15 is 0 Å². The summed E-state index contributed by atoms with van der Waals surface area (Å²) in [6.45, 7) is 0. The number of aromatic nitrogens is 1. The van der Waals surface area contributed by atoms with Crippen molar-refractivity contribution in [2.75, 3.05) is 7.11 Å². The van der Waals surface area contributed by atoms with Gasteiger partial charge in [0.2, 0.25) is 0 Å². The molecule has 0 aliphatic rings. The van der Waals surface area contributed by atoms with Gasteiger partial charge in [0, 0.05) is 10.9 Å². The molecule has 0 radical (unpaired) electrons. The predicted molar refractivity (Wildman–Crippen MR) is 61.5 cm³/mol. The molecule has 72 valence electrons. The fraction of sp³-hybridized carbons (Fsp3) is 0.100. The molecule has 0 aliphatic carbocycles. The SMILES string of the molecule is COc1ccccc1-c1csc(=S)[nH]1. The second kappa shape index (κ2) is 3.94. The van der Waals surface area contributed by atoms with E-state index in [1.165, 1.54) is 11.3 Å². The summed E-state index contributed by atoms with van der Waals surface area (Å²) < 4.78 is 6.04. The number of benzene rings is 1. The van der Waals surface area contributed by atoms with Crippen molar-refractivity contribution in [2.24, 2.45) is 0 Å². The third kappa shape index (κ3) is 1.71. The monoisotopic (exact) mass is 223 g/mol. The number of para-hydroxylation sites is 1. The van der Waals surface area contributed by atoms with Crippen LogP contribution in [-0.4, -0.2) is 12.1 Å². The van der Waals surface area contributed by atoms with Crippen LogP contribution in [0.5, 0.6) is 5.75 Å². The van der Waals surface area contributed by atoms with E-state index in [-0.39, 0.29) is 0 Å². The second-order valence-electron chi connectivity index (χ2n) is 2.76. The van der Waals surface area contributed by atoms with E-state index in [9.17, 15) is 0 Å². The van der Waals surface area contributed by atoms with Gasteiger partial charge in [-0.25, -0.2) is 0 Å². The lowest BCUT2D eigenvalue weighted by Crippen LogP contribution is -1.86. The summed E-state index contributed by atoms with van der Waals surface area (Å²) in [5, 5.41) is 2.00. The molecule has 0 fully saturated rings. The second-order valence-corrected chi connectivity index (χ2v) is 4.31. The maximum absolute atomic E-state index is 5.26. The topological polar surface area (TPSA) is 25.0 Å². The van der Waals surface area contributed by atoms with E-state index in [1.807, 2.05) is 29.6 Å². The highest BCUT2D eigenvalue weighted by Gasteiger charge is 2.05. The van der Waals surface area contributed by atoms with Crippen molar-refractivity contribution >= 4 is 23.6 Å². The first kappa shape index (κ1) is 9.43. The van der Waals surface area contributed by atoms with Crippen molar-refractivity contribution in [3.05, 3.63) is 33.6 Å². The molecular formula is C10H9NOS2. The van der Waals surface area contributed by atoms with Crippen LogP contribution < -0.4 is 4.74 Å². The van der Waals surface area contributed by atoms with Crippen molar-refractivity contribution < 1.29 is 4.74 Å². The average molecular weight is 223 g/mol. The van der Waals surface area contributed by atoms with Gasteiger partial charge in [0.25, 0.3) is 0 Å². The van der Waals surface area contributed by atoms with Crippen LogP contribution in [0.25, 0.3) is 11.3 Å². The molecule has 2 nitrogen and oxygen atoms in total. The molecule has 2 aromatic rings. The minimum Gasteiger partial charge on any atom is -0.496 e. The van der Waals surface area contributed by atoms with Crippen LogP contribution in [0, 0.1) is 3.95 Å². The summed E-state index contributed by atoms with van der Waals surface area (Å²) in [6, 6.07) is 7.87. The molecular weight excluding hydrogens is 214 g/mol. The number of H-pyrrole nitrogens is 1. The maximum atomic E-state index is 5.26. The Morgan fingerprint density at radius 1 is 1.36 bits per heavy atom. The highest BCUT2D eigenvalue weighted by Crippen LogP contribution is 2.29. The summed E-state index contributed by atoms with van der Waals surface area (Å²) in [5.74, 6) is 0.858. The molecule has 0 spiro atoms. The number of methoxy groups -OCH3 is 1. The Kier molecular flexibility index (Phi) is 2.65. The number of ether oxygens (including phenoxy) is 1. The zero-order valence-electron chi connectivity index (χ0n) is 7.61. The van der Waals surface area contributed by atoms with Crippen LogP contribution in [0.2, 0.25) is 0 Å². The first-order valence-corrected chi connectivity index (χ1v) is 5.41. The van der Waals surface area contributed by atoms with Gasteiger partial charge in [-0.1, -0.05) is 12.1 Å². The van der Waals surface area contributed by atoms with Crippen LogP contribution in [0.15, 0.2) is 29.6 Å². The third-order valence-corrected chi connectivity index (χ3v) is 2.98. The lowest BCUT2D eigenvalue weighted by molar-refractivity contribution is 0.416. The summed E-state index contributed by atoms with van der Waals surface area (Å²) in [6.07, 6.45) is 0. The van der Waals surface area contributed by atoms with E-state index in [4.69, 9.17) is 17.0 Å². The summed E-state index contributed by atoms with van der Waals surface area (Å²) in [7, 11) is 1.67. The van der Waals surface area contributed by atoms with Gasteiger partial charge >= 0.3 is 0 Å². The van der Waals surface area contributed by atoms with Gasteiger partial charge < -0.3 is 9.72 Å². The van der Waals surface area contributed by atoms with Crippen LogP contribution in [-0.2, 0) is 0 Å². The van der Waals surface area contributed by atoms with Crippen molar-refractivity contribution in [1.29, 1.82) is 0 Å². The molecule has 0 bridgehead atoms. The van der Waals surface area contributed by atoms with Crippen LogP contribution in [0.1, 0.15) is 0 Å².